The molecule has 0 radical (unpaired) electrons. The molecule has 1 aromatic heterocycles. The molecule has 1 unspecified atom stereocenters. The summed E-state index contributed by atoms with van der Waals surface area (Å²) in [6.07, 6.45) is -3.43. The summed E-state index contributed by atoms with van der Waals surface area (Å²) in [6, 6.07) is 2.63. The number of rotatable bonds is 7. The van der Waals surface area contributed by atoms with Crippen molar-refractivity contribution in [2.75, 3.05) is 13.2 Å². The maximum atomic E-state index is 12.2. The van der Waals surface area contributed by atoms with E-state index in [9.17, 15) is 23.1 Å². The van der Waals surface area contributed by atoms with Crippen molar-refractivity contribution in [1.29, 1.82) is 0 Å². The minimum atomic E-state index is -4.50. The third kappa shape index (κ3) is 6.30. The Balaban J connectivity index is 2.61. The van der Waals surface area contributed by atoms with Crippen LogP contribution in [0.1, 0.15) is 30.8 Å². The first-order chi connectivity index (χ1) is 10.2. The third-order valence-electron chi connectivity index (χ3n) is 2.87. The van der Waals surface area contributed by atoms with E-state index in [0.717, 1.165) is 0 Å². The van der Waals surface area contributed by atoms with Crippen LogP contribution in [-0.2, 0) is 0 Å². The number of nitrogens with one attached hydrogen (secondary N) is 1. The Morgan fingerprint density at radius 2 is 2.14 bits per heavy atom. The third-order valence-corrected chi connectivity index (χ3v) is 2.87. The lowest BCUT2D eigenvalue weighted by molar-refractivity contribution is -0.153. The number of ether oxygens (including phenoxy) is 1. The van der Waals surface area contributed by atoms with Gasteiger partial charge in [-0.25, -0.2) is 4.98 Å². The summed E-state index contributed by atoms with van der Waals surface area (Å²) in [7, 11) is 0. The maximum absolute atomic E-state index is 12.2. The fraction of sp³-hybridized carbons (Fsp3) is 0.571. The largest absolute Gasteiger partial charge is 0.482 e. The summed E-state index contributed by atoms with van der Waals surface area (Å²) in [4.78, 5) is 15.7. The second-order valence-corrected chi connectivity index (χ2v) is 5.11. The van der Waals surface area contributed by atoms with E-state index in [0.29, 0.717) is 6.42 Å². The Hall–Kier alpha value is -1.83. The number of pyridine rings is 1. The summed E-state index contributed by atoms with van der Waals surface area (Å²) in [5, 5.41) is 12.1. The highest BCUT2D eigenvalue weighted by atomic mass is 19.4. The first-order valence-corrected chi connectivity index (χ1v) is 6.81. The molecule has 0 saturated heterocycles. The SMILES string of the molecule is CC(C)C(O)CCNC(=O)c1ncccc1OCC(F)(F)F. The van der Waals surface area contributed by atoms with Gasteiger partial charge in [0.05, 0.1) is 6.10 Å². The molecule has 0 spiro atoms. The van der Waals surface area contributed by atoms with E-state index in [4.69, 9.17) is 0 Å². The van der Waals surface area contributed by atoms with Crippen LogP contribution in [0.4, 0.5) is 13.2 Å². The number of carbonyl (C=O) groups is 1. The minimum Gasteiger partial charge on any atom is -0.482 e. The summed E-state index contributed by atoms with van der Waals surface area (Å²) < 4.78 is 41.1. The molecule has 1 atom stereocenters. The van der Waals surface area contributed by atoms with E-state index in [2.05, 4.69) is 15.0 Å². The Labute approximate surface area is 126 Å². The van der Waals surface area contributed by atoms with E-state index in [-0.39, 0.29) is 23.9 Å². The fourth-order valence-electron chi connectivity index (χ4n) is 1.59. The van der Waals surface area contributed by atoms with Gasteiger partial charge in [-0.05, 0) is 24.5 Å². The van der Waals surface area contributed by atoms with Crippen molar-refractivity contribution < 1.29 is 27.8 Å². The van der Waals surface area contributed by atoms with Gasteiger partial charge < -0.3 is 15.2 Å². The first kappa shape index (κ1) is 18.2. The Morgan fingerprint density at radius 3 is 2.73 bits per heavy atom. The highest BCUT2D eigenvalue weighted by Gasteiger charge is 2.29. The molecule has 2 N–H and O–H groups in total. The minimum absolute atomic E-state index is 0.0532. The predicted molar refractivity (Wildman–Crippen MR) is 73.6 cm³/mol. The van der Waals surface area contributed by atoms with E-state index < -0.39 is 24.8 Å². The summed E-state index contributed by atoms with van der Waals surface area (Å²) in [5.74, 6) is -0.826. The van der Waals surface area contributed by atoms with Crippen molar-refractivity contribution >= 4 is 5.91 Å². The van der Waals surface area contributed by atoms with Crippen LogP contribution in [0.25, 0.3) is 0 Å². The highest BCUT2D eigenvalue weighted by molar-refractivity contribution is 5.94. The van der Waals surface area contributed by atoms with Gasteiger partial charge in [0.1, 0.15) is 0 Å². The van der Waals surface area contributed by atoms with Crippen LogP contribution in [0, 0.1) is 5.92 Å². The number of aromatic nitrogens is 1. The number of aliphatic hydroxyl groups excluding tert-OH is 1. The topological polar surface area (TPSA) is 71.5 Å². The molecule has 1 heterocycles. The molecule has 1 aromatic rings. The van der Waals surface area contributed by atoms with Gasteiger partial charge in [-0.15, -0.1) is 0 Å². The summed E-state index contributed by atoms with van der Waals surface area (Å²) in [5.41, 5.74) is -0.217. The van der Waals surface area contributed by atoms with E-state index in [1.165, 1.54) is 18.3 Å². The van der Waals surface area contributed by atoms with Gasteiger partial charge >= 0.3 is 6.18 Å². The number of nitrogens with zero attached hydrogens (tertiary/aromatic N) is 1. The number of halogens is 3. The van der Waals surface area contributed by atoms with Crippen LogP contribution in [-0.4, -0.2) is 41.4 Å². The predicted octanol–water partition coefficient (Wildman–Crippen LogP) is 2.16. The molecular formula is C14H19F3N2O3. The molecule has 0 aliphatic rings. The molecule has 0 bridgehead atoms. The lowest BCUT2D eigenvalue weighted by atomic mass is 10.0. The lowest BCUT2D eigenvalue weighted by Gasteiger charge is -2.15. The summed E-state index contributed by atoms with van der Waals surface area (Å²) in [6.45, 7) is 2.38. The van der Waals surface area contributed by atoms with Gasteiger partial charge in [0, 0.05) is 12.7 Å². The van der Waals surface area contributed by atoms with Crippen molar-refractivity contribution in [2.24, 2.45) is 5.92 Å². The fourth-order valence-corrected chi connectivity index (χ4v) is 1.59. The number of aliphatic hydroxyl groups is 1. The number of hydrogen-bond donors (Lipinski definition) is 2. The highest BCUT2D eigenvalue weighted by Crippen LogP contribution is 2.20. The van der Waals surface area contributed by atoms with Gasteiger partial charge in [0.15, 0.2) is 18.1 Å². The van der Waals surface area contributed by atoms with Crippen LogP contribution in [0.3, 0.4) is 0 Å². The Morgan fingerprint density at radius 1 is 1.45 bits per heavy atom. The molecule has 5 nitrogen and oxygen atoms in total. The molecule has 22 heavy (non-hydrogen) atoms. The molecule has 0 aromatic carbocycles. The van der Waals surface area contributed by atoms with Crippen LogP contribution in [0.15, 0.2) is 18.3 Å². The van der Waals surface area contributed by atoms with Crippen LogP contribution >= 0.6 is 0 Å². The van der Waals surface area contributed by atoms with Crippen molar-refractivity contribution in [3.63, 3.8) is 0 Å². The average molecular weight is 320 g/mol. The van der Waals surface area contributed by atoms with Gasteiger partial charge in [0.2, 0.25) is 0 Å². The van der Waals surface area contributed by atoms with Gasteiger partial charge in [-0.2, -0.15) is 13.2 Å². The molecule has 0 fully saturated rings. The van der Waals surface area contributed by atoms with Crippen molar-refractivity contribution in [3.05, 3.63) is 24.0 Å². The Bertz CT molecular complexity index is 492. The van der Waals surface area contributed by atoms with E-state index in [1.54, 1.807) is 0 Å². The van der Waals surface area contributed by atoms with Gasteiger partial charge in [-0.1, -0.05) is 13.8 Å². The first-order valence-electron chi connectivity index (χ1n) is 6.81. The van der Waals surface area contributed by atoms with Crippen LogP contribution in [0.2, 0.25) is 0 Å². The average Bonchev–Trinajstić information content (AvgIpc) is 2.44. The molecular weight excluding hydrogens is 301 g/mol. The normalized spacial score (nSPS) is 13.0. The summed E-state index contributed by atoms with van der Waals surface area (Å²) >= 11 is 0. The smallest absolute Gasteiger partial charge is 0.422 e. The number of alkyl halides is 3. The molecule has 124 valence electrons. The molecule has 1 amide bonds. The Kier molecular flexibility index (Phi) is 6.61. The molecule has 0 aliphatic carbocycles. The molecule has 1 rings (SSSR count). The maximum Gasteiger partial charge on any atom is 0.422 e. The monoisotopic (exact) mass is 320 g/mol. The van der Waals surface area contributed by atoms with Crippen molar-refractivity contribution in [2.45, 2.75) is 32.5 Å². The zero-order valence-corrected chi connectivity index (χ0v) is 12.4. The van der Waals surface area contributed by atoms with Crippen molar-refractivity contribution in [3.8, 4) is 5.75 Å². The molecule has 0 saturated carbocycles. The number of hydrogen-bond acceptors (Lipinski definition) is 4. The standard InChI is InChI=1S/C14H19F3N2O3/c1-9(2)10(20)5-7-19-13(21)12-11(4-3-6-18-12)22-8-14(15,16)17/h3-4,6,9-10,20H,5,7-8H2,1-2H3,(H,19,21). The molecule has 8 heteroatoms. The zero-order chi connectivity index (χ0) is 16.8. The number of amides is 1. The van der Waals surface area contributed by atoms with Gasteiger partial charge in [-0.3, -0.25) is 4.79 Å². The zero-order valence-electron chi connectivity index (χ0n) is 12.4. The van der Waals surface area contributed by atoms with Crippen molar-refractivity contribution in [1.82, 2.24) is 10.3 Å². The molecule has 0 aliphatic heterocycles. The second kappa shape index (κ2) is 7.98. The van der Waals surface area contributed by atoms with Crippen LogP contribution < -0.4 is 10.1 Å². The van der Waals surface area contributed by atoms with Gasteiger partial charge in [0.25, 0.3) is 5.91 Å². The quantitative estimate of drug-likeness (QED) is 0.807. The van der Waals surface area contributed by atoms with E-state index in [1.807, 2.05) is 13.8 Å². The second-order valence-electron chi connectivity index (χ2n) is 5.11. The lowest BCUT2D eigenvalue weighted by Crippen LogP contribution is -2.30. The van der Waals surface area contributed by atoms with Crippen LogP contribution in [0.5, 0.6) is 5.75 Å². The number of carbonyl (C=O) groups excluding carboxylic acids is 1. The van der Waals surface area contributed by atoms with E-state index >= 15 is 0 Å².